The minimum absolute atomic E-state index is 0.0188. The van der Waals surface area contributed by atoms with E-state index < -0.39 is 9.84 Å². The molecule has 1 heterocycles. The Morgan fingerprint density at radius 1 is 1.29 bits per heavy atom. The molecule has 112 valence electrons. The number of benzene rings is 1. The predicted octanol–water partition coefficient (Wildman–Crippen LogP) is 1.93. The number of amides is 1. The quantitative estimate of drug-likeness (QED) is 0.912. The first-order chi connectivity index (χ1) is 9.83. The van der Waals surface area contributed by atoms with E-state index in [1.807, 2.05) is 6.92 Å². The third kappa shape index (κ3) is 4.95. The molecule has 1 aromatic heterocycles. The summed E-state index contributed by atoms with van der Waals surface area (Å²) in [5, 5.41) is 3.77. The number of thiazole rings is 1. The molecule has 2 rings (SSSR count). The Hall–Kier alpha value is -1.73. The molecule has 0 spiro atoms. The van der Waals surface area contributed by atoms with Crippen LogP contribution in [0.3, 0.4) is 0 Å². The summed E-state index contributed by atoms with van der Waals surface area (Å²) in [7, 11) is -3.06. The van der Waals surface area contributed by atoms with E-state index in [0.717, 1.165) is 9.88 Å². The molecule has 1 amide bonds. The molecule has 7 heteroatoms. The summed E-state index contributed by atoms with van der Waals surface area (Å²) in [6.45, 7) is 2.35. The molecular formula is C14H16N2O3S2. The second-order valence-electron chi connectivity index (χ2n) is 4.80. The summed E-state index contributed by atoms with van der Waals surface area (Å²) in [5.41, 5.74) is 1.18. The zero-order chi connectivity index (χ0) is 15.5. The molecule has 0 radical (unpaired) electrons. The number of nitrogens with zero attached hydrogens (tertiary/aromatic N) is 1. The number of carbonyl (C=O) groups is 1. The molecule has 0 aliphatic rings. The first-order valence-corrected chi connectivity index (χ1v) is 9.17. The summed E-state index contributed by atoms with van der Waals surface area (Å²) >= 11 is 1.54. The van der Waals surface area contributed by atoms with Gasteiger partial charge in [0.25, 0.3) is 5.91 Å². The van der Waals surface area contributed by atoms with Gasteiger partial charge in [0.2, 0.25) is 0 Å². The minimum Gasteiger partial charge on any atom is -0.347 e. The Balaban J connectivity index is 1.96. The fourth-order valence-corrected chi connectivity index (χ4v) is 3.34. The number of nitrogens with one attached hydrogen (secondary N) is 1. The van der Waals surface area contributed by atoms with Crippen LogP contribution in [0, 0.1) is 6.92 Å². The van der Waals surface area contributed by atoms with Gasteiger partial charge >= 0.3 is 0 Å². The van der Waals surface area contributed by atoms with Crippen LogP contribution in [0.25, 0.3) is 0 Å². The van der Waals surface area contributed by atoms with Crippen molar-refractivity contribution in [1.29, 1.82) is 0 Å². The zero-order valence-corrected chi connectivity index (χ0v) is 13.4. The lowest BCUT2D eigenvalue weighted by Gasteiger charge is -2.05. The molecule has 0 saturated heterocycles. The lowest BCUT2D eigenvalue weighted by molar-refractivity contribution is 0.0951. The van der Waals surface area contributed by atoms with E-state index in [2.05, 4.69) is 10.3 Å². The number of aromatic nitrogens is 1. The van der Waals surface area contributed by atoms with Crippen molar-refractivity contribution in [2.45, 2.75) is 19.2 Å². The molecule has 0 fully saturated rings. The number of rotatable bonds is 5. The molecule has 21 heavy (non-hydrogen) atoms. The molecule has 1 N–H and O–H groups in total. The van der Waals surface area contributed by atoms with Crippen molar-refractivity contribution in [2.24, 2.45) is 0 Å². The first kappa shape index (κ1) is 15.7. The molecule has 2 aromatic rings. The van der Waals surface area contributed by atoms with Crippen LogP contribution in [0.1, 0.15) is 25.8 Å². The lowest BCUT2D eigenvalue weighted by Crippen LogP contribution is -2.22. The minimum atomic E-state index is -3.06. The monoisotopic (exact) mass is 324 g/mol. The Morgan fingerprint density at radius 2 is 1.95 bits per heavy atom. The van der Waals surface area contributed by atoms with Crippen LogP contribution in [0.2, 0.25) is 0 Å². The highest BCUT2D eigenvalue weighted by Gasteiger charge is 2.08. The van der Waals surface area contributed by atoms with Crippen molar-refractivity contribution in [3.63, 3.8) is 0 Å². The fraction of sp³-hybridized carbons (Fsp3) is 0.286. The highest BCUT2D eigenvalue weighted by Crippen LogP contribution is 2.12. The summed E-state index contributed by atoms with van der Waals surface area (Å²) in [4.78, 5) is 17.1. The lowest BCUT2D eigenvalue weighted by atomic mass is 10.1. The van der Waals surface area contributed by atoms with Gasteiger partial charge in [-0.25, -0.2) is 13.4 Å². The van der Waals surface area contributed by atoms with Crippen LogP contribution in [0.15, 0.2) is 30.5 Å². The highest BCUT2D eigenvalue weighted by atomic mass is 32.2. The van der Waals surface area contributed by atoms with Gasteiger partial charge in [0.1, 0.15) is 0 Å². The Labute approximate surface area is 128 Å². The van der Waals surface area contributed by atoms with Crippen molar-refractivity contribution >= 4 is 27.1 Å². The molecule has 0 unspecified atom stereocenters. The number of hydrogen-bond acceptors (Lipinski definition) is 5. The van der Waals surface area contributed by atoms with Gasteiger partial charge in [-0.15, -0.1) is 11.3 Å². The van der Waals surface area contributed by atoms with Crippen molar-refractivity contribution in [3.8, 4) is 0 Å². The SMILES string of the molecule is Cc1ncc(CNC(=O)c2ccc(CS(C)(=O)=O)cc2)s1. The molecule has 0 atom stereocenters. The molecule has 0 aliphatic heterocycles. The summed E-state index contributed by atoms with van der Waals surface area (Å²) in [6, 6.07) is 6.58. The number of sulfone groups is 1. The van der Waals surface area contributed by atoms with Gasteiger partial charge in [-0.05, 0) is 24.6 Å². The van der Waals surface area contributed by atoms with E-state index in [-0.39, 0.29) is 11.7 Å². The molecule has 0 aliphatic carbocycles. The van der Waals surface area contributed by atoms with Crippen molar-refractivity contribution in [3.05, 3.63) is 51.5 Å². The van der Waals surface area contributed by atoms with Gasteiger partial charge in [0, 0.05) is 22.9 Å². The molecular weight excluding hydrogens is 308 g/mol. The van der Waals surface area contributed by atoms with Crippen LogP contribution < -0.4 is 5.32 Å². The van der Waals surface area contributed by atoms with Gasteiger partial charge in [0.05, 0.1) is 17.3 Å². The van der Waals surface area contributed by atoms with Crippen LogP contribution in [0.5, 0.6) is 0 Å². The maximum absolute atomic E-state index is 12.0. The zero-order valence-electron chi connectivity index (χ0n) is 11.8. The molecule has 5 nitrogen and oxygen atoms in total. The second-order valence-corrected chi connectivity index (χ2v) is 8.25. The van der Waals surface area contributed by atoms with Gasteiger partial charge < -0.3 is 5.32 Å². The highest BCUT2D eigenvalue weighted by molar-refractivity contribution is 7.89. The first-order valence-electron chi connectivity index (χ1n) is 6.30. The topological polar surface area (TPSA) is 76.1 Å². The summed E-state index contributed by atoms with van der Waals surface area (Å²) < 4.78 is 22.4. The predicted molar refractivity (Wildman–Crippen MR) is 83.0 cm³/mol. The molecule has 0 saturated carbocycles. The van der Waals surface area contributed by atoms with Crippen LogP contribution in [-0.2, 0) is 22.1 Å². The van der Waals surface area contributed by atoms with Crippen LogP contribution in [0.4, 0.5) is 0 Å². The summed E-state index contributed by atoms with van der Waals surface area (Å²) in [5.74, 6) is -0.207. The van der Waals surface area contributed by atoms with E-state index >= 15 is 0 Å². The second kappa shape index (κ2) is 6.36. The Morgan fingerprint density at radius 3 is 2.48 bits per heavy atom. The van der Waals surface area contributed by atoms with Crippen molar-refractivity contribution in [1.82, 2.24) is 10.3 Å². The maximum Gasteiger partial charge on any atom is 0.251 e. The van der Waals surface area contributed by atoms with Gasteiger partial charge in [-0.3, -0.25) is 4.79 Å². The van der Waals surface area contributed by atoms with Gasteiger partial charge in [-0.2, -0.15) is 0 Å². The van der Waals surface area contributed by atoms with Crippen LogP contribution >= 0.6 is 11.3 Å². The van der Waals surface area contributed by atoms with Crippen molar-refractivity contribution < 1.29 is 13.2 Å². The van der Waals surface area contributed by atoms with E-state index in [1.54, 1.807) is 41.8 Å². The standard InChI is InChI=1S/C14H16N2O3S2/c1-10-15-7-13(20-10)8-16-14(17)12-5-3-11(4-6-12)9-21(2,18)19/h3-7H,8-9H2,1-2H3,(H,16,17). The Bertz CT molecular complexity index is 734. The van der Waals surface area contributed by atoms with E-state index in [9.17, 15) is 13.2 Å². The fourth-order valence-electron chi connectivity index (χ4n) is 1.81. The van der Waals surface area contributed by atoms with E-state index in [0.29, 0.717) is 17.7 Å². The summed E-state index contributed by atoms with van der Waals surface area (Å²) in [6.07, 6.45) is 2.93. The normalized spacial score (nSPS) is 11.3. The number of aryl methyl sites for hydroxylation is 1. The van der Waals surface area contributed by atoms with Gasteiger partial charge in [-0.1, -0.05) is 12.1 Å². The number of carbonyl (C=O) groups excluding carboxylic acids is 1. The van der Waals surface area contributed by atoms with Gasteiger partial charge in [0.15, 0.2) is 9.84 Å². The number of hydrogen-bond donors (Lipinski definition) is 1. The average molecular weight is 324 g/mol. The average Bonchev–Trinajstić information content (AvgIpc) is 2.81. The molecule has 0 bridgehead atoms. The smallest absolute Gasteiger partial charge is 0.251 e. The maximum atomic E-state index is 12.0. The van der Waals surface area contributed by atoms with Crippen molar-refractivity contribution in [2.75, 3.05) is 6.26 Å². The Kier molecular flexibility index (Phi) is 4.74. The largest absolute Gasteiger partial charge is 0.347 e. The van der Waals surface area contributed by atoms with E-state index in [1.165, 1.54) is 6.26 Å². The van der Waals surface area contributed by atoms with E-state index in [4.69, 9.17) is 0 Å². The third-order valence-electron chi connectivity index (χ3n) is 2.74. The van der Waals surface area contributed by atoms with Crippen LogP contribution in [-0.4, -0.2) is 25.6 Å². The molecule has 1 aromatic carbocycles. The third-order valence-corrected chi connectivity index (χ3v) is 4.51.